The number of hydrogen-bond donors (Lipinski definition) is 2. The van der Waals surface area contributed by atoms with Gasteiger partial charge in [-0.25, -0.2) is 0 Å². The summed E-state index contributed by atoms with van der Waals surface area (Å²) < 4.78 is 5.67. The number of rotatable bonds is 4. The van der Waals surface area contributed by atoms with E-state index in [4.69, 9.17) is 4.74 Å². The molecule has 1 amide bonds. The van der Waals surface area contributed by atoms with Gasteiger partial charge in [0.1, 0.15) is 5.75 Å². The van der Waals surface area contributed by atoms with E-state index >= 15 is 0 Å². The Labute approximate surface area is 136 Å². The minimum atomic E-state index is -0.627. The predicted molar refractivity (Wildman–Crippen MR) is 88.3 cm³/mol. The number of carbonyl (C=O) groups is 1. The standard InChI is InChI=1S/C19H21NO3/c1-12-7-9-15(10-8-12)23-13(2)19(22)20-18-16-6-4-3-5-14(16)11-17(18)21/h3-10,13,17-18,21H,11H2,1-2H3,(H,20,22). The van der Waals surface area contributed by atoms with Gasteiger partial charge in [-0.3, -0.25) is 4.79 Å². The Bertz CT molecular complexity index is 696. The molecule has 2 aromatic rings. The Kier molecular flexibility index (Phi) is 4.35. The maximum atomic E-state index is 12.4. The summed E-state index contributed by atoms with van der Waals surface area (Å²) in [6, 6.07) is 15.0. The van der Waals surface area contributed by atoms with Crippen molar-refractivity contribution in [1.82, 2.24) is 5.32 Å². The number of aliphatic hydroxyl groups is 1. The van der Waals surface area contributed by atoms with Crippen LogP contribution in [0.5, 0.6) is 5.75 Å². The van der Waals surface area contributed by atoms with Crippen molar-refractivity contribution < 1.29 is 14.6 Å². The molecule has 1 aliphatic rings. The number of nitrogens with one attached hydrogen (secondary N) is 1. The van der Waals surface area contributed by atoms with Crippen LogP contribution in [0.15, 0.2) is 48.5 Å². The highest BCUT2D eigenvalue weighted by molar-refractivity contribution is 5.81. The van der Waals surface area contributed by atoms with Gasteiger partial charge in [-0.15, -0.1) is 0 Å². The Hall–Kier alpha value is -2.33. The Morgan fingerprint density at radius 3 is 2.65 bits per heavy atom. The van der Waals surface area contributed by atoms with E-state index in [1.165, 1.54) is 0 Å². The molecule has 0 bridgehead atoms. The fourth-order valence-corrected chi connectivity index (χ4v) is 2.89. The second-order valence-corrected chi connectivity index (χ2v) is 6.03. The molecule has 0 fully saturated rings. The fourth-order valence-electron chi connectivity index (χ4n) is 2.89. The van der Waals surface area contributed by atoms with Gasteiger partial charge in [0.15, 0.2) is 6.10 Å². The van der Waals surface area contributed by atoms with Gasteiger partial charge in [0.25, 0.3) is 5.91 Å². The molecule has 2 aromatic carbocycles. The molecule has 0 saturated carbocycles. The summed E-state index contributed by atoms with van der Waals surface area (Å²) in [5.41, 5.74) is 3.20. The first-order valence-electron chi connectivity index (χ1n) is 7.84. The second kappa shape index (κ2) is 6.42. The maximum Gasteiger partial charge on any atom is 0.261 e. The number of hydrogen-bond acceptors (Lipinski definition) is 3. The number of amides is 1. The summed E-state index contributed by atoms with van der Waals surface area (Å²) in [5.74, 6) is 0.428. The van der Waals surface area contributed by atoms with Gasteiger partial charge in [-0.2, -0.15) is 0 Å². The zero-order chi connectivity index (χ0) is 16.4. The van der Waals surface area contributed by atoms with Crippen molar-refractivity contribution in [3.8, 4) is 5.75 Å². The minimum Gasteiger partial charge on any atom is -0.481 e. The number of ether oxygens (including phenoxy) is 1. The van der Waals surface area contributed by atoms with Crippen molar-refractivity contribution in [2.45, 2.75) is 38.5 Å². The summed E-state index contributed by atoms with van der Waals surface area (Å²) in [4.78, 5) is 12.4. The molecular weight excluding hydrogens is 290 g/mol. The van der Waals surface area contributed by atoms with Crippen LogP contribution >= 0.6 is 0 Å². The monoisotopic (exact) mass is 311 g/mol. The summed E-state index contributed by atoms with van der Waals surface area (Å²) in [5, 5.41) is 13.1. The van der Waals surface area contributed by atoms with Crippen molar-refractivity contribution in [2.24, 2.45) is 0 Å². The Balaban J connectivity index is 1.66. The summed E-state index contributed by atoms with van der Waals surface area (Å²) >= 11 is 0. The smallest absolute Gasteiger partial charge is 0.261 e. The van der Waals surface area contributed by atoms with Crippen molar-refractivity contribution in [2.75, 3.05) is 0 Å². The molecule has 0 aromatic heterocycles. The van der Waals surface area contributed by atoms with E-state index in [-0.39, 0.29) is 11.9 Å². The van der Waals surface area contributed by atoms with Gasteiger partial charge >= 0.3 is 0 Å². The third-order valence-corrected chi connectivity index (χ3v) is 4.20. The highest BCUT2D eigenvalue weighted by Crippen LogP contribution is 2.31. The second-order valence-electron chi connectivity index (χ2n) is 6.03. The van der Waals surface area contributed by atoms with Crippen LogP contribution in [0.4, 0.5) is 0 Å². The highest BCUT2D eigenvalue weighted by atomic mass is 16.5. The molecule has 1 aliphatic carbocycles. The quantitative estimate of drug-likeness (QED) is 0.912. The lowest BCUT2D eigenvalue weighted by Crippen LogP contribution is -2.41. The number of aliphatic hydroxyl groups excluding tert-OH is 1. The average Bonchev–Trinajstić information content (AvgIpc) is 2.85. The molecule has 4 heteroatoms. The van der Waals surface area contributed by atoms with Gasteiger partial charge in [-0.1, -0.05) is 42.0 Å². The first kappa shape index (κ1) is 15.6. The Morgan fingerprint density at radius 1 is 1.22 bits per heavy atom. The van der Waals surface area contributed by atoms with Gasteiger partial charge in [0.2, 0.25) is 0 Å². The normalized spacial score (nSPS) is 20.7. The van der Waals surface area contributed by atoms with Gasteiger partial charge in [0.05, 0.1) is 12.1 Å². The lowest BCUT2D eigenvalue weighted by atomic mass is 10.1. The van der Waals surface area contributed by atoms with E-state index in [9.17, 15) is 9.90 Å². The molecular formula is C19H21NO3. The molecule has 3 rings (SSSR count). The van der Waals surface area contributed by atoms with Crippen molar-refractivity contribution in [1.29, 1.82) is 0 Å². The summed E-state index contributed by atoms with van der Waals surface area (Å²) in [6.45, 7) is 3.71. The number of carbonyl (C=O) groups excluding carboxylic acids is 1. The molecule has 0 spiro atoms. The molecule has 2 N–H and O–H groups in total. The molecule has 120 valence electrons. The Morgan fingerprint density at radius 2 is 1.91 bits per heavy atom. The summed E-state index contributed by atoms with van der Waals surface area (Å²) in [6.07, 6.45) is -0.658. The minimum absolute atomic E-state index is 0.230. The van der Waals surface area contributed by atoms with E-state index in [0.717, 1.165) is 16.7 Å². The first-order valence-corrected chi connectivity index (χ1v) is 7.84. The van der Waals surface area contributed by atoms with E-state index in [2.05, 4.69) is 5.32 Å². The van der Waals surface area contributed by atoms with Crippen LogP contribution in [0.2, 0.25) is 0 Å². The van der Waals surface area contributed by atoms with Crippen LogP contribution < -0.4 is 10.1 Å². The zero-order valence-electron chi connectivity index (χ0n) is 13.3. The predicted octanol–water partition coefficient (Wildman–Crippen LogP) is 2.54. The molecule has 3 unspecified atom stereocenters. The average molecular weight is 311 g/mol. The van der Waals surface area contributed by atoms with Gasteiger partial charge in [-0.05, 0) is 37.1 Å². The number of benzene rings is 2. The molecule has 0 radical (unpaired) electrons. The fraction of sp³-hybridized carbons (Fsp3) is 0.316. The molecule has 0 heterocycles. The third kappa shape index (κ3) is 3.37. The van der Waals surface area contributed by atoms with Crippen LogP contribution in [-0.4, -0.2) is 23.2 Å². The number of fused-ring (bicyclic) bond motifs is 1. The molecule has 3 atom stereocenters. The van der Waals surface area contributed by atoms with Crippen LogP contribution in [0.1, 0.15) is 29.7 Å². The molecule has 0 saturated heterocycles. The highest BCUT2D eigenvalue weighted by Gasteiger charge is 2.33. The van der Waals surface area contributed by atoms with Crippen LogP contribution in [0.3, 0.4) is 0 Å². The van der Waals surface area contributed by atoms with Crippen molar-refractivity contribution in [3.63, 3.8) is 0 Å². The van der Waals surface area contributed by atoms with E-state index < -0.39 is 12.2 Å². The van der Waals surface area contributed by atoms with Crippen LogP contribution in [-0.2, 0) is 11.2 Å². The maximum absolute atomic E-state index is 12.4. The zero-order valence-corrected chi connectivity index (χ0v) is 13.3. The number of aryl methyl sites for hydroxylation is 1. The molecule has 23 heavy (non-hydrogen) atoms. The van der Waals surface area contributed by atoms with E-state index in [1.807, 2.05) is 55.5 Å². The topological polar surface area (TPSA) is 58.6 Å². The lowest BCUT2D eigenvalue weighted by Gasteiger charge is -2.21. The largest absolute Gasteiger partial charge is 0.481 e. The van der Waals surface area contributed by atoms with Gasteiger partial charge in [0, 0.05) is 6.42 Å². The van der Waals surface area contributed by atoms with Crippen LogP contribution in [0, 0.1) is 6.92 Å². The van der Waals surface area contributed by atoms with Crippen molar-refractivity contribution >= 4 is 5.91 Å². The van der Waals surface area contributed by atoms with Crippen molar-refractivity contribution in [3.05, 3.63) is 65.2 Å². The molecule has 4 nitrogen and oxygen atoms in total. The third-order valence-electron chi connectivity index (χ3n) is 4.20. The van der Waals surface area contributed by atoms with E-state index in [0.29, 0.717) is 12.2 Å². The SMILES string of the molecule is Cc1ccc(OC(C)C(=O)NC2c3ccccc3CC2O)cc1. The molecule has 0 aliphatic heterocycles. The van der Waals surface area contributed by atoms with Gasteiger partial charge < -0.3 is 15.2 Å². The van der Waals surface area contributed by atoms with E-state index in [1.54, 1.807) is 6.92 Å². The van der Waals surface area contributed by atoms with Crippen LogP contribution in [0.25, 0.3) is 0 Å². The lowest BCUT2D eigenvalue weighted by molar-refractivity contribution is -0.128. The first-order chi connectivity index (χ1) is 11.0. The summed E-state index contributed by atoms with van der Waals surface area (Å²) in [7, 11) is 0.